The predicted octanol–water partition coefficient (Wildman–Crippen LogP) is 9.41. The van der Waals surface area contributed by atoms with E-state index in [-0.39, 0.29) is 21.7 Å². The van der Waals surface area contributed by atoms with E-state index in [0.29, 0.717) is 0 Å². The second-order valence-corrected chi connectivity index (χ2v) is 21.9. The summed E-state index contributed by atoms with van der Waals surface area (Å²) in [6.07, 6.45) is 0. The summed E-state index contributed by atoms with van der Waals surface area (Å²) in [5.41, 5.74) is 5.18. The molecule has 0 aliphatic rings. The van der Waals surface area contributed by atoms with Crippen molar-refractivity contribution in [3.05, 3.63) is 58.7 Å². The molecular weight excluding hydrogens is 484 g/mol. The molecule has 0 saturated heterocycles. The van der Waals surface area contributed by atoms with Gasteiger partial charge in [0.15, 0.2) is 0 Å². The monoisotopic (exact) mass is 530 g/mol. The van der Waals surface area contributed by atoms with E-state index in [9.17, 15) is 0 Å². The molecule has 3 heteroatoms. The Kier molecular flexibility index (Phi) is 7.83. The van der Waals surface area contributed by atoms with Crippen molar-refractivity contribution in [2.75, 3.05) is 0 Å². The molecule has 0 atom stereocenters. The molecule has 0 saturated carbocycles. The van der Waals surface area contributed by atoms with Crippen molar-refractivity contribution >= 4 is 0 Å². The number of hydrogen-bond acceptors (Lipinski definition) is 2. The van der Waals surface area contributed by atoms with Crippen LogP contribution in [0.1, 0.15) is 105 Å². The van der Waals surface area contributed by atoms with Crippen molar-refractivity contribution in [2.24, 2.45) is 0 Å². The zero-order chi connectivity index (χ0) is 25.6. The van der Waals surface area contributed by atoms with Crippen molar-refractivity contribution in [3.63, 3.8) is 0 Å². The minimum atomic E-state index is -3.45. The molecule has 2 aromatic rings. The molecule has 0 unspecified atom stereocenters. The van der Waals surface area contributed by atoms with E-state index < -0.39 is 21.1 Å². The fourth-order valence-electron chi connectivity index (χ4n) is 3.94. The third kappa shape index (κ3) is 7.45. The number of benzene rings is 2. The fraction of sp³-hybridized carbons (Fsp3) is 0.600. The Morgan fingerprint density at radius 2 is 0.788 bits per heavy atom. The van der Waals surface area contributed by atoms with Crippen molar-refractivity contribution in [2.45, 2.75) is 114 Å². The second-order valence-electron chi connectivity index (χ2n) is 14.0. The maximum absolute atomic E-state index is 6.88. The summed E-state index contributed by atoms with van der Waals surface area (Å²) < 4.78 is 18.2. The minimum absolute atomic E-state index is 0.00355. The normalized spacial score (nSPS) is 13.8. The molecule has 0 aromatic heterocycles. The predicted molar refractivity (Wildman–Crippen MR) is 141 cm³/mol. The van der Waals surface area contributed by atoms with Gasteiger partial charge in [-0.2, -0.15) is 0 Å². The fourth-order valence-corrected chi connectivity index (χ4v) is 7.47. The molecule has 0 aliphatic carbocycles. The topological polar surface area (TPSA) is 18.5 Å². The van der Waals surface area contributed by atoms with Crippen LogP contribution in [0.25, 0.3) is 0 Å². The van der Waals surface area contributed by atoms with Gasteiger partial charge in [0.1, 0.15) is 0 Å². The maximum atomic E-state index is 6.88. The third-order valence-corrected chi connectivity index (χ3v) is 9.52. The van der Waals surface area contributed by atoms with Gasteiger partial charge in [-0.3, -0.25) is 0 Å². The van der Waals surface area contributed by atoms with E-state index in [4.69, 9.17) is 5.63 Å². The second kappa shape index (κ2) is 9.18. The zero-order valence-electron chi connectivity index (χ0n) is 23.8. The van der Waals surface area contributed by atoms with Gasteiger partial charge in [0.25, 0.3) is 0 Å². The molecule has 0 fully saturated rings. The first-order valence-corrected chi connectivity index (χ1v) is 19.2. The molecule has 33 heavy (non-hydrogen) atoms. The molecule has 2 aromatic carbocycles. The van der Waals surface area contributed by atoms with Crippen molar-refractivity contribution in [1.29, 1.82) is 0 Å². The van der Waals surface area contributed by atoms with E-state index >= 15 is 0 Å². The van der Waals surface area contributed by atoms with E-state index in [2.05, 4.69) is 129 Å². The van der Waals surface area contributed by atoms with Gasteiger partial charge in [-0.15, -0.1) is 0 Å². The summed E-state index contributed by atoms with van der Waals surface area (Å²) in [5, 5.41) is 0. The summed E-state index contributed by atoms with van der Waals surface area (Å²) in [5.74, 6) is 1.97. The van der Waals surface area contributed by atoms with Crippen molar-refractivity contribution < 1.29 is 26.8 Å². The van der Waals surface area contributed by atoms with Crippen molar-refractivity contribution in [1.82, 2.24) is 0 Å². The molecule has 0 aliphatic heterocycles. The summed E-state index contributed by atoms with van der Waals surface area (Å²) in [7, 11) is 0. The van der Waals surface area contributed by atoms with Gasteiger partial charge in [-0.05, 0) is 0 Å². The Morgan fingerprint density at radius 3 is 1.03 bits per heavy atom. The SMILES string of the molecule is CC(C)(C)c1ccc(C(C)(C)C)c([O][Zr]([CH3])([CH3])[O]c2cc(C(C)(C)C)ccc2C(C)(C)C)c1. The average molecular weight is 532 g/mol. The van der Waals surface area contributed by atoms with Crippen LogP contribution in [-0.4, -0.2) is 0 Å². The van der Waals surface area contributed by atoms with Gasteiger partial charge in [-0.1, -0.05) is 0 Å². The average Bonchev–Trinajstić information content (AvgIpc) is 2.57. The van der Waals surface area contributed by atoms with Crippen LogP contribution < -0.4 is 5.63 Å². The Balaban J connectivity index is 2.55. The van der Waals surface area contributed by atoms with Gasteiger partial charge in [0, 0.05) is 0 Å². The molecule has 0 bridgehead atoms. The number of hydrogen-bond donors (Lipinski definition) is 0. The van der Waals surface area contributed by atoms with Crippen LogP contribution >= 0.6 is 0 Å². The van der Waals surface area contributed by atoms with Crippen molar-refractivity contribution in [3.8, 4) is 11.5 Å². The van der Waals surface area contributed by atoms with Gasteiger partial charge < -0.3 is 0 Å². The Morgan fingerprint density at radius 1 is 0.485 bits per heavy atom. The van der Waals surface area contributed by atoms with Crippen LogP contribution in [0, 0.1) is 0 Å². The van der Waals surface area contributed by atoms with E-state index in [0.717, 1.165) is 11.5 Å². The standard InChI is InChI=1S/2C14H22O.2CH3.Zr/c2*1-13(2,3)10-7-8-11(12(15)9-10)14(4,5)6;;;/h2*7-9,15H,1-6H3;2*1H3;/q;;;;+2/p-2. The van der Waals surface area contributed by atoms with Gasteiger partial charge in [0.05, 0.1) is 0 Å². The Bertz CT molecular complexity index is 895. The van der Waals surface area contributed by atoms with Gasteiger partial charge in [-0.25, -0.2) is 0 Å². The van der Waals surface area contributed by atoms with Crippen LogP contribution in [0.2, 0.25) is 9.26 Å². The first-order chi connectivity index (χ1) is 14.6. The Labute approximate surface area is 210 Å². The summed E-state index contributed by atoms with van der Waals surface area (Å²) in [4.78, 5) is 0. The van der Waals surface area contributed by atoms with Crippen LogP contribution in [-0.2, 0) is 42.8 Å². The first-order valence-electron chi connectivity index (χ1n) is 12.3. The molecule has 0 heterocycles. The molecule has 0 spiro atoms. The Hall–Kier alpha value is -1.08. The molecule has 2 rings (SSSR count). The quantitative estimate of drug-likeness (QED) is 0.391. The first kappa shape index (κ1) is 28.2. The number of rotatable bonds is 4. The molecule has 184 valence electrons. The van der Waals surface area contributed by atoms with E-state index in [1.165, 1.54) is 22.3 Å². The molecular formula is C30H48O2Zr. The van der Waals surface area contributed by atoms with E-state index in [1.807, 2.05) is 0 Å². The molecule has 0 amide bonds. The molecule has 0 radical (unpaired) electrons. The summed E-state index contributed by atoms with van der Waals surface area (Å²) >= 11 is -3.45. The summed E-state index contributed by atoms with van der Waals surface area (Å²) in [6, 6.07) is 13.5. The van der Waals surface area contributed by atoms with Gasteiger partial charge >= 0.3 is 211 Å². The van der Waals surface area contributed by atoms with E-state index in [1.54, 1.807) is 0 Å². The third-order valence-electron chi connectivity index (χ3n) is 6.02. The molecule has 0 N–H and O–H groups in total. The van der Waals surface area contributed by atoms with Gasteiger partial charge in [0.2, 0.25) is 0 Å². The van der Waals surface area contributed by atoms with Crippen LogP contribution in [0.3, 0.4) is 0 Å². The van der Waals surface area contributed by atoms with Crippen LogP contribution in [0.4, 0.5) is 0 Å². The molecule has 2 nitrogen and oxygen atoms in total. The zero-order valence-corrected chi connectivity index (χ0v) is 26.2. The van der Waals surface area contributed by atoms with Crippen LogP contribution in [0.5, 0.6) is 11.5 Å². The van der Waals surface area contributed by atoms with Crippen LogP contribution in [0.15, 0.2) is 36.4 Å². The summed E-state index contributed by atoms with van der Waals surface area (Å²) in [6.45, 7) is 27.0.